The van der Waals surface area contributed by atoms with Crippen molar-refractivity contribution in [2.24, 2.45) is 0 Å². The Hall–Kier alpha value is -2.73. The predicted molar refractivity (Wildman–Crippen MR) is 97.1 cm³/mol. The van der Waals surface area contributed by atoms with E-state index in [-0.39, 0.29) is 22.0 Å². The topological polar surface area (TPSA) is 90.7 Å². The predicted octanol–water partition coefficient (Wildman–Crippen LogP) is 3.42. The van der Waals surface area contributed by atoms with E-state index in [1.807, 2.05) is 19.1 Å². The van der Waals surface area contributed by atoms with Crippen LogP contribution >= 0.6 is 11.6 Å². The van der Waals surface area contributed by atoms with E-state index in [2.05, 4.69) is 5.32 Å². The summed E-state index contributed by atoms with van der Waals surface area (Å²) in [6.07, 6.45) is -1.01. The van der Waals surface area contributed by atoms with E-state index >= 15 is 0 Å². The minimum Gasteiger partial charge on any atom is -0.496 e. The number of halogens is 1. The van der Waals surface area contributed by atoms with Crippen LogP contribution < -0.4 is 15.8 Å². The number of carbonyl (C=O) groups is 2. The second kappa shape index (κ2) is 7.90. The van der Waals surface area contributed by atoms with E-state index in [4.69, 9.17) is 26.8 Å². The molecule has 0 radical (unpaired) electrons. The van der Waals surface area contributed by atoms with Gasteiger partial charge in [0.05, 0.1) is 17.8 Å². The number of para-hydroxylation sites is 1. The minimum absolute atomic E-state index is 0.0947. The minimum atomic E-state index is -1.01. The summed E-state index contributed by atoms with van der Waals surface area (Å²) in [6, 6.07) is 10.1. The average molecular weight is 363 g/mol. The second-order valence-corrected chi connectivity index (χ2v) is 5.83. The average Bonchev–Trinajstić information content (AvgIpc) is 2.58. The van der Waals surface area contributed by atoms with Gasteiger partial charge in [0, 0.05) is 11.8 Å². The van der Waals surface area contributed by atoms with Crippen LogP contribution in [0.25, 0.3) is 0 Å². The molecule has 132 valence electrons. The Morgan fingerprint density at radius 2 is 1.92 bits per heavy atom. The highest BCUT2D eigenvalue weighted by Gasteiger charge is 2.22. The van der Waals surface area contributed by atoms with Gasteiger partial charge in [-0.1, -0.05) is 29.8 Å². The molecule has 2 rings (SSSR count). The number of nitrogen functional groups attached to an aromatic ring is 1. The van der Waals surface area contributed by atoms with E-state index in [1.165, 1.54) is 26.2 Å². The normalized spacial score (nSPS) is 11.5. The maximum absolute atomic E-state index is 12.3. The first kappa shape index (κ1) is 18.6. The lowest BCUT2D eigenvalue weighted by Crippen LogP contribution is -2.30. The summed E-state index contributed by atoms with van der Waals surface area (Å²) in [4.78, 5) is 24.6. The van der Waals surface area contributed by atoms with Crippen molar-refractivity contribution in [1.82, 2.24) is 0 Å². The first-order valence-corrected chi connectivity index (χ1v) is 7.91. The van der Waals surface area contributed by atoms with Crippen molar-refractivity contribution in [3.8, 4) is 5.75 Å². The molecule has 1 unspecified atom stereocenters. The molecule has 0 saturated heterocycles. The van der Waals surface area contributed by atoms with Gasteiger partial charge in [-0.15, -0.1) is 0 Å². The summed E-state index contributed by atoms with van der Waals surface area (Å²) < 4.78 is 10.3. The van der Waals surface area contributed by atoms with Crippen LogP contribution in [-0.2, 0) is 9.53 Å². The number of anilines is 2. The molecule has 0 heterocycles. The van der Waals surface area contributed by atoms with Gasteiger partial charge in [-0.05, 0) is 31.5 Å². The first-order valence-electron chi connectivity index (χ1n) is 7.54. The maximum Gasteiger partial charge on any atom is 0.342 e. The van der Waals surface area contributed by atoms with Crippen molar-refractivity contribution in [2.75, 3.05) is 18.2 Å². The van der Waals surface area contributed by atoms with Crippen LogP contribution in [0.5, 0.6) is 5.75 Å². The van der Waals surface area contributed by atoms with Crippen LogP contribution in [0.15, 0.2) is 36.4 Å². The van der Waals surface area contributed by atoms with Gasteiger partial charge in [-0.2, -0.15) is 0 Å². The van der Waals surface area contributed by atoms with Crippen LogP contribution in [0.3, 0.4) is 0 Å². The Morgan fingerprint density at radius 3 is 2.56 bits per heavy atom. The summed E-state index contributed by atoms with van der Waals surface area (Å²) >= 11 is 5.94. The molecule has 25 heavy (non-hydrogen) atoms. The van der Waals surface area contributed by atoms with Gasteiger partial charge in [-0.3, -0.25) is 4.79 Å². The standard InChI is InChI=1S/C18H19ClN2O4/c1-10-6-4-5-7-15(10)21-17(22)11(2)25-18(23)12-8-13(19)14(20)9-16(12)24-3/h4-9,11H,20H2,1-3H3,(H,21,22). The molecule has 1 amide bonds. The van der Waals surface area contributed by atoms with Crippen LogP contribution in [0.1, 0.15) is 22.8 Å². The van der Waals surface area contributed by atoms with Crippen molar-refractivity contribution >= 4 is 34.9 Å². The third-order valence-electron chi connectivity index (χ3n) is 3.59. The van der Waals surface area contributed by atoms with E-state index in [0.717, 1.165) is 5.56 Å². The molecule has 1 atom stereocenters. The van der Waals surface area contributed by atoms with Gasteiger partial charge in [-0.25, -0.2) is 4.79 Å². The van der Waals surface area contributed by atoms with Crippen molar-refractivity contribution in [3.63, 3.8) is 0 Å². The summed E-state index contributed by atoms with van der Waals surface area (Å²) in [5, 5.41) is 2.92. The number of benzene rings is 2. The van der Waals surface area contributed by atoms with Crippen LogP contribution in [-0.4, -0.2) is 25.1 Å². The summed E-state index contributed by atoms with van der Waals surface area (Å²) in [7, 11) is 1.40. The molecule has 0 saturated carbocycles. The smallest absolute Gasteiger partial charge is 0.342 e. The van der Waals surface area contributed by atoms with Crippen molar-refractivity contribution in [2.45, 2.75) is 20.0 Å². The molecule has 0 aliphatic heterocycles. The molecule has 0 aliphatic rings. The fourth-order valence-electron chi connectivity index (χ4n) is 2.12. The van der Waals surface area contributed by atoms with E-state index < -0.39 is 18.0 Å². The lowest BCUT2D eigenvalue weighted by Gasteiger charge is -2.16. The van der Waals surface area contributed by atoms with E-state index in [0.29, 0.717) is 5.69 Å². The Bertz CT molecular complexity index is 808. The number of rotatable bonds is 5. The zero-order valence-electron chi connectivity index (χ0n) is 14.1. The number of ether oxygens (including phenoxy) is 2. The van der Waals surface area contributed by atoms with Crippen LogP contribution in [0.4, 0.5) is 11.4 Å². The number of hydrogen-bond donors (Lipinski definition) is 2. The van der Waals surface area contributed by atoms with Crippen LogP contribution in [0.2, 0.25) is 5.02 Å². The number of amides is 1. The first-order chi connectivity index (χ1) is 11.8. The van der Waals surface area contributed by atoms with Gasteiger partial charge in [0.2, 0.25) is 0 Å². The molecule has 7 heteroatoms. The fraction of sp³-hybridized carbons (Fsp3) is 0.222. The van der Waals surface area contributed by atoms with Gasteiger partial charge in [0.25, 0.3) is 5.91 Å². The molecule has 0 spiro atoms. The zero-order valence-corrected chi connectivity index (χ0v) is 14.9. The molecule has 6 nitrogen and oxygen atoms in total. The quantitative estimate of drug-likeness (QED) is 0.628. The third kappa shape index (κ3) is 4.42. The number of hydrogen-bond acceptors (Lipinski definition) is 5. The Balaban J connectivity index is 2.11. The maximum atomic E-state index is 12.3. The Kier molecular flexibility index (Phi) is 5.88. The van der Waals surface area contributed by atoms with Gasteiger partial charge < -0.3 is 20.5 Å². The third-order valence-corrected chi connectivity index (χ3v) is 3.92. The number of nitrogens with two attached hydrogens (primary N) is 1. The Morgan fingerprint density at radius 1 is 1.24 bits per heavy atom. The summed E-state index contributed by atoms with van der Waals surface area (Å²) in [5.41, 5.74) is 7.62. The second-order valence-electron chi connectivity index (χ2n) is 5.43. The Labute approximate surface area is 150 Å². The number of methoxy groups -OCH3 is 1. The van der Waals surface area contributed by atoms with E-state index in [1.54, 1.807) is 12.1 Å². The highest BCUT2D eigenvalue weighted by molar-refractivity contribution is 6.33. The molecule has 2 aromatic rings. The van der Waals surface area contributed by atoms with Crippen LogP contribution in [0, 0.1) is 6.92 Å². The number of carbonyl (C=O) groups excluding carboxylic acids is 2. The molecule has 3 N–H and O–H groups in total. The number of aryl methyl sites for hydroxylation is 1. The van der Waals surface area contributed by atoms with Gasteiger partial charge in [0.1, 0.15) is 11.3 Å². The summed E-state index contributed by atoms with van der Waals surface area (Å²) in [6.45, 7) is 3.35. The monoisotopic (exact) mass is 362 g/mol. The highest BCUT2D eigenvalue weighted by Crippen LogP contribution is 2.29. The van der Waals surface area contributed by atoms with Crippen molar-refractivity contribution < 1.29 is 19.1 Å². The fourth-order valence-corrected chi connectivity index (χ4v) is 2.29. The SMILES string of the molecule is COc1cc(N)c(Cl)cc1C(=O)OC(C)C(=O)Nc1ccccc1C. The van der Waals surface area contributed by atoms with Crippen molar-refractivity contribution in [3.05, 3.63) is 52.5 Å². The molecule has 0 aliphatic carbocycles. The van der Waals surface area contributed by atoms with Gasteiger partial charge >= 0.3 is 5.97 Å². The molecular weight excluding hydrogens is 344 g/mol. The highest BCUT2D eigenvalue weighted by atomic mass is 35.5. The van der Waals surface area contributed by atoms with E-state index in [9.17, 15) is 9.59 Å². The van der Waals surface area contributed by atoms with Crippen molar-refractivity contribution in [1.29, 1.82) is 0 Å². The molecule has 0 fully saturated rings. The molecular formula is C18H19ClN2O4. The zero-order chi connectivity index (χ0) is 18.6. The number of nitrogens with one attached hydrogen (secondary N) is 1. The molecule has 0 aromatic heterocycles. The number of esters is 1. The molecule has 0 bridgehead atoms. The lowest BCUT2D eigenvalue weighted by atomic mass is 10.1. The molecule has 2 aromatic carbocycles. The lowest BCUT2D eigenvalue weighted by molar-refractivity contribution is -0.123. The van der Waals surface area contributed by atoms with Gasteiger partial charge in [0.15, 0.2) is 6.10 Å². The summed E-state index contributed by atoms with van der Waals surface area (Å²) in [5.74, 6) is -0.951. The largest absolute Gasteiger partial charge is 0.496 e.